The Morgan fingerprint density at radius 2 is 1.95 bits per heavy atom. The minimum absolute atomic E-state index is 0.257. The summed E-state index contributed by atoms with van der Waals surface area (Å²) in [6.07, 6.45) is 8.40. The van der Waals surface area contributed by atoms with E-state index >= 15 is 0 Å². The topological polar surface area (TPSA) is 41.1 Å². The van der Waals surface area contributed by atoms with Gasteiger partial charge in [0.15, 0.2) is 0 Å². The Labute approximate surface area is 117 Å². The Hall–Kier alpha value is -0.570. The molecule has 3 heteroatoms. The van der Waals surface area contributed by atoms with E-state index in [2.05, 4.69) is 24.5 Å². The lowest BCUT2D eigenvalue weighted by atomic mass is 9.92. The maximum Gasteiger partial charge on any atom is 0.223 e. The lowest BCUT2D eigenvalue weighted by molar-refractivity contribution is -0.126. The Balaban J connectivity index is 1.78. The monoisotopic (exact) mass is 266 g/mol. The third-order valence-corrected chi connectivity index (χ3v) is 4.81. The number of nitrogens with one attached hydrogen (secondary N) is 2. The largest absolute Gasteiger partial charge is 0.353 e. The number of hydrogen-bond donors (Lipinski definition) is 2. The molecule has 1 saturated heterocycles. The van der Waals surface area contributed by atoms with Gasteiger partial charge in [-0.2, -0.15) is 0 Å². The van der Waals surface area contributed by atoms with Gasteiger partial charge in [-0.15, -0.1) is 0 Å². The van der Waals surface area contributed by atoms with E-state index in [1.807, 2.05) is 0 Å². The average Bonchev–Trinajstić information content (AvgIpc) is 2.84. The van der Waals surface area contributed by atoms with Crippen LogP contribution >= 0.6 is 0 Å². The Morgan fingerprint density at radius 3 is 2.63 bits per heavy atom. The van der Waals surface area contributed by atoms with Crippen LogP contribution in [0.5, 0.6) is 0 Å². The van der Waals surface area contributed by atoms with Crippen molar-refractivity contribution in [2.75, 3.05) is 13.1 Å². The van der Waals surface area contributed by atoms with Gasteiger partial charge in [0, 0.05) is 12.0 Å². The first kappa shape index (κ1) is 14.8. The van der Waals surface area contributed by atoms with Gasteiger partial charge in [-0.3, -0.25) is 4.79 Å². The molecule has 1 aliphatic heterocycles. The van der Waals surface area contributed by atoms with Gasteiger partial charge in [0.1, 0.15) is 0 Å². The number of amides is 1. The highest BCUT2D eigenvalue weighted by molar-refractivity contribution is 5.79. The molecule has 0 spiro atoms. The van der Waals surface area contributed by atoms with Gasteiger partial charge in [-0.25, -0.2) is 0 Å². The van der Waals surface area contributed by atoms with E-state index in [-0.39, 0.29) is 5.92 Å². The molecule has 2 N–H and O–H groups in total. The van der Waals surface area contributed by atoms with Crippen molar-refractivity contribution in [1.82, 2.24) is 10.6 Å². The third kappa shape index (κ3) is 4.48. The Kier molecular flexibility index (Phi) is 5.68. The molecule has 3 nitrogen and oxygen atoms in total. The van der Waals surface area contributed by atoms with Gasteiger partial charge in [0.25, 0.3) is 0 Å². The average molecular weight is 266 g/mol. The van der Waals surface area contributed by atoms with Crippen LogP contribution in [0.3, 0.4) is 0 Å². The predicted octanol–water partition coefficient (Wildman–Crippen LogP) is 2.71. The summed E-state index contributed by atoms with van der Waals surface area (Å²) in [6, 6.07) is 0.459. The normalized spacial score (nSPS) is 28.8. The molecule has 2 aliphatic rings. The zero-order valence-corrected chi connectivity index (χ0v) is 12.6. The standard InChI is InChI=1S/C16H30N2O/c1-12(2)6-7-13-4-3-5-15(13)18-16(19)14-8-10-17-11-9-14/h12-15,17H,3-11H2,1-2H3,(H,18,19). The van der Waals surface area contributed by atoms with Crippen molar-refractivity contribution in [2.24, 2.45) is 17.8 Å². The molecular formula is C16H30N2O. The van der Waals surface area contributed by atoms with Gasteiger partial charge in [0.05, 0.1) is 0 Å². The molecule has 110 valence electrons. The third-order valence-electron chi connectivity index (χ3n) is 4.81. The minimum Gasteiger partial charge on any atom is -0.353 e. The molecule has 0 radical (unpaired) electrons. The van der Waals surface area contributed by atoms with Crippen LogP contribution in [0.15, 0.2) is 0 Å². The van der Waals surface area contributed by atoms with E-state index < -0.39 is 0 Å². The van der Waals surface area contributed by atoms with E-state index in [1.54, 1.807) is 0 Å². The SMILES string of the molecule is CC(C)CCC1CCCC1NC(=O)C1CCNCC1. The molecule has 2 rings (SSSR count). The van der Waals surface area contributed by atoms with Gasteiger partial charge in [0.2, 0.25) is 5.91 Å². The quantitative estimate of drug-likeness (QED) is 0.803. The number of carbonyl (C=O) groups excluding carboxylic acids is 1. The summed E-state index contributed by atoms with van der Waals surface area (Å²) >= 11 is 0. The molecule has 1 heterocycles. The van der Waals surface area contributed by atoms with Crippen LogP contribution in [0.25, 0.3) is 0 Å². The van der Waals surface area contributed by atoms with E-state index in [0.717, 1.165) is 37.8 Å². The summed E-state index contributed by atoms with van der Waals surface area (Å²) in [7, 11) is 0. The molecular weight excluding hydrogens is 236 g/mol. The molecule has 1 aliphatic carbocycles. The first-order valence-corrected chi connectivity index (χ1v) is 8.18. The first-order chi connectivity index (χ1) is 9.16. The summed E-state index contributed by atoms with van der Waals surface area (Å²) in [5, 5.41) is 6.68. The smallest absolute Gasteiger partial charge is 0.223 e. The molecule has 2 fully saturated rings. The van der Waals surface area contributed by atoms with E-state index in [0.29, 0.717) is 11.9 Å². The highest BCUT2D eigenvalue weighted by Gasteiger charge is 2.30. The lowest BCUT2D eigenvalue weighted by Gasteiger charge is -2.26. The maximum absolute atomic E-state index is 12.3. The molecule has 1 amide bonds. The fourth-order valence-electron chi connectivity index (χ4n) is 3.50. The van der Waals surface area contributed by atoms with Gasteiger partial charge in [-0.05, 0) is 57.0 Å². The molecule has 0 aromatic carbocycles. The summed E-state index contributed by atoms with van der Waals surface area (Å²) < 4.78 is 0. The number of carbonyl (C=O) groups is 1. The van der Waals surface area contributed by atoms with Crippen molar-refractivity contribution in [3.8, 4) is 0 Å². The number of piperidine rings is 1. The van der Waals surface area contributed by atoms with E-state index in [9.17, 15) is 4.79 Å². The molecule has 2 atom stereocenters. The lowest BCUT2D eigenvalue weighted by Crippen LogP contribution is -2.44. The Bertz CT molecular complexity index is 284. The highest BCUT2D eigenvalue weighted by Crippen LogP contribution is 2.31. The fourth-order valence-corrected chi connectivity index (χ4v) is 3.50. The number of rotatable bonds is 5. The summed E-state index contributed by atoms with van der Waals surface area (Å²) in [6.45, 7) is 6.58. The summed E-state index contributed by atoms with van der Waals surface area (Å²) in [5.41, 5.74) is 0. The number of hydrogen-bond acceptors (Lipinski definition) is 2. The second-order valence-corrected chi connectivity index (χ2v) is 6.80. The van der Waals surface area contributed by atoms with Crippen LogP contribution in [-0.2, 0) is 4.79 Å². The predicted molar refractivity (Wildman–Crippen MR) is 78.9 cm³/mol. The van der Waals surface area contributed by atoms with Crippen LogP contribution < -0.4 is 10.6 Å². The summed E-state index contributed by atoms with van der Waals surface area (Å²) in [5.74, 6) is 2.09. The van der Waals surface area contributed by atoms with Crippen LogP contribution in [-0.4, -0.2) is 25.0 Å². The second-order valence-electron chi connectivity index (χ2n) is 6.80. The van der Waals surface area contributed by atoms with Crippen molar-refractivity contribution in [3.05, 3.63) is 0 Å². The van der Waals surface area contributed by atoms with Crippen LogP contribution in [0, 0.1) is 17.8 Å². The van der Waals surface area contributed by atoms with Crippen LogP contribution in [0.2, 0.25) is 0 Å². The molecule has 19 heavy (non-hydrogen) atoms. The van der Waals surface area contributed by atoms with Gasteiger partial charge < -0.3 is 10.6 Å². The van der Waals surface area contributed by atoms with Crippen LogP contribution in [0.1, 0.15) is 58.8 Å². The van der Waals surface area contributed by atoms with Crippen LogP contribution in [0.4, 0.5) is 0 Å². The van der Waals surface area contributed by atoms with Crippen molar-refractivity contribution in [2.45, 2.75) is 64.8 Å². The second kappa shape index (κ2) is 7.28. The van der Waals surface area contributed by atoms with Crippen molar-refractivity contribution in [3.63, 3.8) is 0 Å². The first-order valence-electron chi connectivity index (χ1n) is 8.18. The molecule has 0 aromatic rings. The molecule has 0 bridgehead atoms. The summed E-state index contributed by atoms with van der Waals surface area (Å²) in [4.78, 5) is 12.3. The van der Waals surface area contributed by atoms with Crippen molar-refractivity contribution < 1.29 is 4.79 Å². The molecule has 2 unspecified atom stereocenters. The van der Waals surface area contributed by atoms with Gasteiger partial charge >= 0.3 is 0 Å². The highest BCUT2D eigenvalue weighted by atomic mass is 16.1. The van der Waals surface area contributed by atoms with Crippen molar-refractivity contribution in [1.29, 1.82) is 0 Å². The van der Waals surface area contributed by atoms with E-state index in [1.165, 1.54) is 32.1 Å². The van der Waals surface area contributed by atoms with Crippen molar-refractivity contribution >= 4 is 5.91 Å². The zero-order valence-electron chi connectivity index (χ0n) is 12.6. The van der Waals surface area contributed by atoms with E-state index in [4.69, 9.17) is 0 Å². The Morgan fingerprint density at radius 1 is 1.21 bits per heavy atom. The zero-order chi connectivity index (χ0) is 13.7. The minimum atomic E-state index is 0.257. The molecule has 1 saturated carbocycles. The fraction of sp³-hybridized carbons (Fsp3) is 0.938. The molecule has 0 aromatic heterocycles. The maximum atomic E-state index is 12.3. The van der Waals surface area contributed by atoms with Gasteiger partial charge in [-0.1, -0.05) is 26.7 Å².